The van der Waals surface area contributed by atoms with Crippen LogP contribution in [0.3, 0.4) is 0 Å². The predicted molar refractivity (Wildman–Crippen MR) is 142 cm³/mol. The van der Waals surface area contributed by atoms with Gasteiger partial charge >= 0.3 is 6.09 Å². The van der Waals surface area contributed by atoms with Gasteiger partial charge in [-0.15, -0.1) is 0 Å². The molecular weight excluding hydrogens is 489 g/mol. The van der Waals surface area contributed by atoms with Gasteiger partial charge < -0.3 is 25.5 Å². The first-order chi connectivity index (χ1) is 18.1. The Morgan fingerprint density at radius 1 is 0.789 bits per heavy atom. The van der Waals surface area contributed by atoms with E-state index < -0.39 is 41.9 Å². The monoisotopic (exact) mass is 527 g/mol. The molecule has 3 atom stereocenters. The summed E-state index contributed by atoms with van der Waals surface area (Å²) in [6.45, 7) is 7.71. The fraction of sp³-hybridized carbons (Fsp3) is 0.448. The van der Waals surface area contributed by atoms with Gasteiger partial charge in [0.05, 0.1) is 6.04 Å². The van der Waals surface area contributed by atoms with Crippen molar-refractivity contribution in [2.24, 2.45) is 11.8 Å². The van der Waals surface area contributed by atoms with Crippen molar-refractivity contribution >= 4 is 24.2 Å². The lowest BCUT2D eigenvalue weighted by atomic mass is 9.99. The summed E-state index contributed by atoms with van der Waals surface area (Å²) in [5.41, 5.74) is 1.50. The third kappa shape index (κ3) is 11.1. The maximum absolute atomic E-state index is 13.2. The number of rotatable bonds is 14. The average Bonchev–Trinajstić information content (AvgIpc) is 2.87. The number of carbonyl (C=O) groups excluding carboxylic acids is 4. The van der Waals surface area contributed by atoms with Gasteiger partial charge in [-0.1, -0.05) is 70.2 Å². The second kappa shape index (κ2) is 15.5. The van der Waals surface area contributed by atoms with Crippen LogP contribution in [0.4, 0.5) is 9.18 Å². The van der Waals surface area contributed by atoms with Gasteiger partial charge in [0.25, 0.3) is 0 Å². The SMILES string of the molecule is CC(C)CC(NC(=O)OCc1ccccc1)C(=O)NC(CC(C)C)C(=O)NC(C=O)Cc1ccc(F)cc1. The zero-order valence-electron chi connectivity index (χ0n) is 22.4. The van der Waals surface area contributed by atoms with Crippen LogP contribution >= 0.6 is 0 Å². The highest BCUT2D eigenvalue weighted by molar-refractivity contribution is 5.92. The van der Waals surface area contributed by atoms with Crippen LogP contribution in [0.5, 0.6) is 0 Å². The number of nitrogens with one attached hydrogen (secondary N) is 3. The number of carbonyl (C=O) groups is 4. The Morgan fingerprint density at radius 2 is 1.34 bits per heavy atom. The van der Waals surface area contributed by atoms with Crippen molar-refractivity contribution in [3.8, 4) is 0 Å². The summed E-state index contributed by atoms with van der Waals surface area (Å²) in [5, 5.41) is 8.03. The third-order valence-corrected chi connectivity index (χ3v) is 5.73. The van der Waals surface area contributed by atoms with E-state index in [9.17, 15) is 23.6 Å². The van der Waals surface area contributed by atoms with E-state index in [1.807, 2.05) is 58.0 Å². The van der Waals surface area contributed by atoms with Gasteiger partial charge in [0, 0.05) is 0 Å². The second-order valence-electron chi connectivity index (χ2n) is 10.2. The van der Waals surface area contributed by atoms with Gasteiger partial charge in [-0.2, -0.15) is 0 Å². The van der Waals surface area contributed by atoms with Crippen molar-refractivity contribution in [1.29, 1.82) is 0 Å². The lowest BCUT2D eigenvalue weighted by Crippen LogP contribution is -2.55. The Labute approximate surface area is 223 Å². The molecule has 206 valence electrons. The molecule has 3 unspecified atom stereocenters. The van der Waals surface area contributed by atoms with E-state index in [2.05, 4.69) is 16.0 Å². The molecule has 0 radical (unpaired) electrons. The summed E-state index contributed by atoms with van der Waals surface area (Å²) >= 11 is 0. The minimum Gasteiger partial charge on any atom is -0.445 e. The fourth-order valence-electron chi connectivity index (χ4n) is 3.88. The van der Waals surface area contributed by atoms with Crippen LogP contribution < -0.4 is 16.0 Å². The van der Waals surface area contributed by atoms with Crippen LogP contribution in [0, 0.1) is 17.7 Å². The van der Waals surface area contributed by atoms with E-state index in [1.165, 1.54) is 12.1 Å². The van der Waals surface area contributed by atoms with E-state index in [0.717, 1.165) is 5.56 Å². The number of hydrogen-bond acceptors (Lipinski definition) is 5. The third-order valence-electron chi connectivity index (χ3n) is 5.73. The van der Waals surface area contributed by atoms with Gasteiger partial charge in [0.1, 0.15) is 30.8 Å². The topological polar surface area (TPSA) is 114 Å². The van der Waals surface area contributed by atoms with Crippen molar-refractivity contribution < 1.29 is 28.3 Å². The van der Waals surface area contributed by atoms with Crippen LogP contribution in [-0.2, 0) is 32.1 Å². The van der Waals surface area contributed by atoms with Crippen LogP contribution in [0.2, 0.25) is 0 Å². The molecule has 9 heteroatoms. The lowest BCUT2D eigenvalue weighted by molar-refractivity contribution is -0.131. The summed E-state index contributed by atoms with van der Waals surface area (Å²) in [6.07, 6.45) is 0.722. The molecule has 0 aromatic heterocycles. The van der Waals surface area contributed by atoms with E-state index >= 15 is 0 Å². The summed E-state index contributed by atoms with van der Waals surface area (Å²) in [4.78, 5) is 50.4. The summed E-state index contributed by atoms with van der Waals surface area (Å²) in [7, 11) is 0. The molecule has 2 aromatic carbocycles. The quantitative estimate of drug-likeness (QED) is 0.322. The molecule has 0 aliphatic heterocycles. The van der Waals surface area contributed by atoms with Crippen molar-refractivity contribution in [2.45, 2.75) is 71.7 Å². The molecule has 0 saturated heterocycles. The lowest BCUT2D eigenvalue weighted by Gasteiger charge is -2.26. The molecule has 0 spiro atoms. The minimum atomic E-state index is -0.921. The molecule has 0 bridgehead atoms. The van der Waals surface area contributed by atoms with Gasteiger partial charge in [0.2, 0.25) is 11.8 Å². The first-order valence-electron chi connectivity index (χ1n) is 12.8. The fourth-order valence-corrected chi connectivity index (χ4v) is 3.88. The van der Waals surface area contributed by atoms with Gasteiger partial charge in [-0.25, -0.2) is 9.18 Å². The number of benzene rings is 2. The molecular formula is C29H38FN3O5. The Bertz CT molecular complexity index is 1040. The molecule has 3 amide bonds. The van der Waals surface area contributed by atoms with Crippen LogP contribution in [0.1, 0.15) is 51.7 Å². The van der Waals surface area contributed by atoms with Gasteiger partial charge in [-0.05, 0) is 54.4 Å². The molecule has 3 N–H and O–H groups in total. The van der Waals surface area contributed by atoms with Crippen molar-refractivity contribution in [3.63, 3.8) is 0 Å². The zero-order chi connectivity index (χ0) is 28.1. The van der Waals surface area contributed by atoms with Crippen molar-refractivity contribution in [3.05, 3.63) is 71.5 Å². The number of amides is 3. The molecule has 8 nitrogen and oxygen atoms in total. The maximum Gasteiger partial charge on any atom is 0.408 e. The molecule has 0 aliphatic carbocycles. The first-order valence-corrected chi connectivity index (χ1v) is 12.8. The van der Waals surface area contributed by atoms with Crippen LogP contribution in [0.15, 0.2) is 54.6 Å². The normalized spacial score (nSPS) is 13.3. The maximum atomic E-state index is 13.2. The molecule has 0 heterocycles. The molecule has 0 saturated carbocycles. The largest absolute Gasteiger partial charge is 0.445 e. The molecule has 38 heavy (non-hydrogen) atoms. The highest BCUT2D eigenvalue weighted by Gasteiger charge is 2.29. The second-order valence-corrected chi connectivity index (χ2v) is 10.2. The molecule has 0 fully saturated rings. The smallest absolute Gasteiger partial charge is 0.408 e. The first kappa shape index (κ1) is 30.5. The Balaban J connectivity index is 2.04. The molecule has 2 aromatic rings. The Hall–Kier alpha value is -3.75. The number of alkyl carbamates (subject to hydrolysis) is 1. The Morgan fingerprint density at radius 3 is 1.89 bits per heavy atom. The van der Waals surface area contributed by atoms with Crippen molar-refractivity contribution in [1.82, 2.24) is 16.0 Å². The summed E-state index contributed by atoms with van der Waals surface area (Å²) in [5.74, 6) is -1.29. The number of hydrogen-bond donors (Lipinski definition) is 3. The van der Waals surface area contributed by atoms with Gasteiger partial charge in [0.15, 0.2) is 0 Å². The average molecular weight is 528 g/mol. The highest BCUT2D eigenvalue weighted by Crippen LogP contribution is 2.11. The van der Waals surface area contributed by atoms with Gasteiger partial charge in [-0.3, -0.25) is 9.59 Å². The van der Waals surface area contributed by atoms with Crippen molar-refractivity contribution in [2.75, 3.05) is 0 Å². The van der Waals surface area contributed by atoms with Crippen LogP contribution in [0.25, 0.3) is 0 Å². The number of aldehydes is 1. The van der Waals surface area contributed by atoms with E-state index in [-0.39, 0.29) is 24.9 Å². The summed E-state index contributed by atoms with van der Waals surface area (Å²) in [6, 6.07) is 12.1. The molecule has 2 rings (SSSR count). The highest BCUT2D eigenvalue weighted by atomic mass is 19.1. The van der Waals surface area contributed by atoms with E-state index in [0.29, 0.717) is 24.7 Å². The number of halogens is 1. The zero-order valence-corrected chi connectivity index (χ0v) is 22.4. The minimum absolute atomic E-state index is 0.0577. The van der Waals surface area contributed by atoms with E-state index in [4.69, 9.17) is 4.74 Å². The predicted octanol–water partition coefficient (Wildman–Crippen LogP) is 3.92. The Kier molecular flexibility index (Phi) is 12.4. The van der Waals surface area contributed by atoms with Crippen LogP contribution in [-0.4, -0.2) is 42.3 Å². The molecule has 0 aliphatic rings. The summed E-state index contributed by atoms with van der Waals surface area (Å²) < 4.78 is 18.5. The standard InChI is InChI=1S/C29H38FN3O5/c1-19(2)14-25(27(35)31-24(17-34)16-21-10-12-23(30)13-11-21)32-28(36)26(15-20(3)4)33-29(37)38-18-22-8-6-5-7-9-22/h5-13,17,19-20,24-26H,14-16,18H2,1-4H3,(H,31,35)(H,32,36)(H,33,37). The van der Waals surface area contributed by atoms with E-state index in [1.54, 1.807) is 12.1 Å². The number of ether oxygens (including phenoxy) is 1.